The summed E-state index contributed by atoms with van der Waals surface area (Å²) in [6, 6.07) is 4.00. The summed E-state index contributed by atoms with van der Waals surface area (Å²) in [4.78, 5) is 15.6. The molecule has 1 aliphatic rings. The highest BCUT2D eigenvalue weighted by Gasteiger charge is 2.20. The molecule has 4 rings (SSSR count). The Balaban J connectivity index is 0.00000182. The van der Waals surface area contributed by atoms with Crippen molar-refractivity contribution >= 4 is 40.2 Å². The third-order valence-corrected chi connectivity index (χ3v) is 5.66. The van der Waals surface area contributed by atoms with Crippen LogP contribution in [0.15, 0.2) is 28.2 Å². The van der Waals surface area contributed by atoms with Gasteiger partial charge in [0.1, 0.15) is 0 Å². The molecule has 0 unspecified atom stereocenters. The van der Waals surface area contributed by atoms with Crippen molar-refractivity contribution in [2.75, 3.05) is 31.9 Å². The molecular weight excluding hydrogens is 380 g/mol. The van der Waals surface area contributed by atoms with Gasteiger partial charge in [-0.15, -0.1) is 35.1 Å². The Bertz CT molecular complexity index is 782. The van der Waals surface area contributed by atoms with E-state index < -0.39 is 0 Å². The molecule has 1 aliphatic heterocycles. The Kier molecular flexibility index (Phi) is 6.02. The summed E-state index contributed by atoms with van der Waals surface area (Å²) in [5, 5.41) is 6.72. The Morgan fingerprint density at radius 3 is 2.56 bits per heavy atom. The van der Waals surface area contributed by atoms with Gasteiger partial charge in [-0.1, -0.05) is 11.2 Å². The number of nitrogens with zero attached hydrogens (tertiary/aromatic N) is 5. The number of piperazine rings is 1. The predicted octanol–water partition coefficient (Wildman–Crippen LogP) is 2.58. The standard InChI is InChI=1S/C15H18N6OS2.ClH/c16-15-17-8-11(24-15)9-20-3-5-21(6-4-20)10-13-18-14(19-22-13)12-2-1-7-23-12;/h1-2,7-8H,3-6,9-10H2,(H2,16,17);1H. The third-order valence-electron chi connectivity index (χ3n) is 3.98. The van der Waals surface area contributed by atoms with Crippen LogP contribution in [0.25, 0.3) is 10.7 Å². The maximum atomic E-state index is 5.69. The summed E-state index contributed by atoms with van der Waals surface area (Å²) < 4.78 is 5.39. The van der Waals surface area contributed by atoms with E-state index >= 15 is 0 Å². The molecule has 3 aromatic rings. The van der Waals surface area contributed by atoms with Crippen LogP contribution in [-0.4, -0.2) is 51.1 Å². The average Bonchev–Trinajstić information content (AvgIpc) is 3.31. The van der Waals surface area contributed by atoms with E-state index in [4.69, 9.17) is 10.3 Å². The minimum Gasteiger partial charge on any atom is -0.375 e. The number of hydrogen-bond donors (Lipinski definition) is 1. The van der Waals surface area contributed by atoms with Gasteiger partial charge < -0.3 is 10.3 Å². The zero-order chi connectivity index (χ0) is 16.4. The third kappa shape index (κ3) is 4.56. The number of aromatic nitrogens is 3. The molecule has 0 atom stereocenters. The fourth-order valence-electron chi connectivity index (χ4n) is 2.74. The van der Waals surface area contributed by atoms with E-state index in [0.29, 0.717) is 23.4 Å². The molecule has 0 aromatic carbocycles. The number of halogens is 1. The van der Waals surface area contributed by atoms with E-state index in [1.165, 1.54) is 4.88 Å². The molecule has 0 amide bonds. The summed E-state index contributed by atoms with van der Waals surface area (Å²) in [7, 11) is 0. The maximum Gasteiger partial charge on any atom is 0.241 e. The second-order valence-electron chi connectivity index (χ2n) is 5.71. The van der Waals surface area contributed by atoms with Crippen LogP contribution < -0.4 is 5.73 Å². The predicted molar refractivity (Wildman–Crippen MR) is 102 cm³/mol. The number of thiazole rings is 1. The molecule has 25 heavy (non-hydrogen) atoms. The highest BCUT2D eigenvalue weighted by molar-refractivity contribution is 7.15. The topological polar surface area (TPSA) is 84.3 Å². The van der Waals surface area contributed by atoms with Gasteiger partial charge in [-0.25, -0.2) is 4.98 Å². The van der Waals surface area contributed by atoms with Gasteiger partial charge in [0, 0.05) is 43.8 Å². The van der Waals surface area contributed by atoms with Crippen molar-refractivity contribution in [3.63, 3.8) is 0 Å². The minimum atomic E-state index is 0. The highest BCUT2D eigenvalue weighted by atomic mass is 35.5. The summed E-state index contributed by atoms with van der Waals surface area (Å²) >= 11 is 3.19. The molecular formula is C15H19ClN6OS2. The number of nitrogen functional groups attached to an aromatic ring is 1. The average molecular weight is 399 g/mol. The monoisotopic (exact) mass is 398 g/mol. The molecule has 2 N–H and O–H groups in total. The van der Waals surface area contributed by atoms with Gasteiger partial charge >= 0.3 is 0 Å². The largest absolute Gasteiger partial charge is 0.375 e. The molecule has 1 saturated heterocycles. The van der Waals surface area contributed by atoms with Crippen LogP contribution >= 0.6 is 35.1 Å². The van der Waals surface area contributed by atoms with Gasteiger partial charge in [0.05, 0.1) is 11.4 Å². The molecule has 1 fully saturated rings. The zero-order valence-electron chi connectivity index (χ0n) is 13.5. The first-order valence-corrected chi connectivity index (χ1v) is 9.47. The van der Waals surface area contributed by atoms with Gasteiger partial charge in [0.25, 0.3) is 0 Å². The lowest BCUT2D eigenvalue weighted by molar-refractivity contribution is 0.113. The van der Waals surface area contributed by atoms with Crippen molar-refractivity contribution < 1.29 is 4.52 Å². The fraction of sp³-hybridized carbons (Fsp3) is 0.400. The normalized spacial score (nSPS) is 16.0. The van der Waals surface area contributed by atoms with Crippen molar-refractivity contribution in [1.29, 1.82) is 0 Å². The maximum absolute atomic E-state index is 5.69. The van der Waals surface area contributed by atoms with Gasteiger partial charge in [-0.2, -0.15) is 4.98 Å². The van der Waals surface area contributed by atoms with Gasteiger partial charge in [0.15, 0.2) is 5.13 Å². The van der Waals surface area contributed by atoms with E-state index in [-0.39, 0.29) is 12.4 Å². The minimum absolute atomic E-state index is 0. The fourth-order valence-corrected chi connectivity index (χ4v) is 4.11. The SMILES string of the molecule is Cl.Nc1ncc(CN2CCN(Cc3nc(-c4cccs4)no3)CC2)s1. The lowest BCUT2D eigenvalue weighted by Gasteiger charge is -2.33. The van der Waals surface area contributed by atoms with Crippen LogP contribution in [0.4, 0.5) is 5.13 Å². The first-order valence-electron chi connectivity index (χ1n) is 7.77. The molecule has 10 heteroatoms. The second-order valence-corrected chi connectivity index (χ2v) is 7.80. The molecule has 3 aromatic heterocycles. The van der Waals surface area contributed by atoms with E-state index in [2.05, 4.69) is 24.9 Å². The second kappa shape index (κ2) is 8.24. The summed E-state index contributed by atoms with van der Waals surface area (Å²) in [6.45, 7) is 5.65. The van der Waals surface area contributed by atoms with Crippen LogP contribution in [0.5, 0.6) is 0 Å². The molecule has 0 bridgehead atoms. The number of anilines is 1. The van der Waals surface area contributed by atoms with Crippen LogP contribution in [0, 0.1) is 0 Å². The van der Waals surface area contributed by atoms with Crippen molar-refractivity contribution in [3.8, 4) is 10.7 Å². The van der Waals surface area contributed by atoms with E-state index in [1.54, 1.807) is 22.7 Å². The smallest absolute Gasteiger partial charge is 0.241 e. The van der Waals surface area contributed by atoms with Gasteiger partial charge in [-0.3, -0.25) is 9.80 Å². The first kappa shape index (κ1) is 18.3. The molecule has 0 radical (unpaired) electrons. The van der Waals surface area contributed by atoms with Crippen molar-refractivity contribution in [2.24, 2.45) is 0 Å². The Morgan fingerprint density at radius 1 is 1.16 bits per heavy atom. The number of rotatable bonds is 5. The lowest BCUT2D eigenvalue weighted by atomic mass is 10.3. The quantitative estimate of drug-likeness (QED) is 0.706. The molecule has 4 heterocycles. The summed E-state index contributed by atoms with van der Waals surface area (Å²) in [5.41, 5.74) is 5.69. The molecule has 0 saturated carbocycles. The van der Waals surface area contributed by atoms with E-state index in [9.17, 15) is 0 Å². The Hall–Kier alpha value is -1.52. The van der Waals surface area contributed by atoms with Gasteiger partial charge in [-0.05, 0) is 11.4 Å². The molecule has 0 spiro atoms. The molecule has 134 valence electrons. The van der Waals surface area contributed by atoms with Crippen molar-refractivity contribution in [2.45, 2.75) is 13.1 Å². The van der Waals surface area contributed by atoms with Crippen molar-refractivity contribution in [3.05, 3.63) is 34.5 Å². The molecule has 0 aliphatic carbocycles. The Morgan fingerprint density at radius 2 is 1.92 bits per heavy atom. The van der Waals surface area contributed by atoms with Crippen LogP contribution in [-0.2, 0) is 13.1 Å². The van der Waals surface area contributed by atoms with Crippen molar-refractivity contribution in [1.82, 2.24) is 24.9 Å². The number of thiophene rings is 1. The molecule has 7 nitrogen and oxygen atoms in total. The number of nitrogens with two attached hydrogens (primary N) is 1. The first-order chi connectivity index (χ1) is 11.8. The van der Waals surface area contributed by atoms with Crippen LogP contribution in [0.2, 0.25) is 0 Å². The summed E-state index contributed by atoms with van der Waals surface area (Å²) in [5.74, 6) is 1.36. The lowest BCUT2D eigenvalue weighted by Crippen LogP contribution is -2.45. The van der Waals surface area contributed by atoms with E-state index in [0.717, 1.165) is 37.6 Å². The highest BCUT2D eigenvalue weighted by Crippen LogP contribution is 2.22. The van der Waals surface area contributed by atoms with Gasteiger partial charge in [0.2, 0.25) is 11.7 Å². The van der Waals surface area contributed by atoms with Crippen LogP contribution in [0.3, 0.4) is 0 Å². The van der Waals surface area contributed by atoms with E-state index in [1.807, 2.05) is 23.7 Å². The van der Waals surface area contributed by atoms with Crippen LogP contribution in [0.1, 0.15) is 10.8 Å². The summed E-state index contributed by atoms with van der Waals surface area (Å²) in [6.07, 6.45) is 1.87. The Labute approximate surface area is 159 Å². The zero-order valence-corrected chi connectivity index (χ0v) is 15.9. The number of hydrogen-bond acceptors (Lipinski definition) is 9.